The molecule has 0 amide bonds. The van der Waals surface area contributed by atoms with E-state index in [2.05, 4.69) is 67.5 Å². The minimum atomic E-state index is 0.123. The molecule has 0 spiro atoms. The van der Waals surface area contributed by atoms with Gasteiger partial charge >= 0.3 is 0 Å². The lowest BCUT2D eigenvalue weighted by molar-refractivity contribution is 0.958. The van der Waals surface area contributed by atoms with Gasteiger partial charge < -0.3 is 4.90 Å². The maximum absolute atomic E-state index is 6.09. The van der Waals surface area contributed by atoms with Gasteiger partial charge in [-0.3, -0.25) is 0 Å². The summed E-state index contributed by atoms with van der Waals surface area (Å²) in [5, 5.41) is 1.49. The van der Waals surface area contributed by atoms with Gasteiger partial charge in [-0.15, -0.1) is 0 Å². The van der Waals surface area contributed by atoms with Gasteiger partial charge in [0.05, 0.1) is 0 Å². The normalized spacial score (nSPS) is 10.9. The first-order valence-corrected chi connectivity index (χ1v) is 8.59. The third-order valence-corrected chi connectivity index (χ3v) is 4.64. The monoisotopic (exact) mass is 355 g/mol. The van der Waals surface area contributed by atoms with Gasteiger partial charge in [-0.05, 0) is 47.0 Å². The zero-order valence-corrected chi connectivity index (χ0v) is 15.2. The molecular weight excluding hydrogens is 337 g/mol. The number of anilines is 1. The van der Waals surface area contributed by atoms with Crippen LogP contribution < -0.4 is 4.90 Å². The van der Waals surface area contributed by atoms with E-state index in [9.17, 15) is 0 Å². The van der Waals surface area contributed by atoms with E-state index >= 15 is 0 Å². The van der Waals surface area contributed by atoms with Crippen molar-refractivity contribution >= 4 is 28.9 Å². The molecule has 3 aromatic carbocycles. The predicted molar refractivity (Wildman–Crippen MR) is 105 cm³/mol. The van der Waals surface area contributed by atoms with E-state index in [0.717, 1.165) is 10.0 Å². The van der Waals surface area contributed by atoms with Crippen LogP contribution in [0.2, 0.25) is 10.0 Å². The second-order valence-electron chi connectivity index (χ2n) is 5.99. The van der Waals surface area contributed by atoms with Crippen molar-refractivity contribution in [1.29, 1.82) is 0 Å². The molecule has 3 heteroatoms. The molecule has 3 rings (SSSR count). The molecule has 0 unspecified atom stereocenters. The minimum Gasteiger partial charge on any atom is -0.377 e. The van der Waals surface area contributed by atoms with Crippen molar-refractivity contribution in [3.05, 3.63) is 99.5 Å². The van der Waals surface area contributed by atoms with Crippen LogP contribution in [0, 0.1) is 0 Å². The Hall–Kier alpha value is -1.96. The molecule has 122 valence electrons. The molecule has 0 bridgehead atoms. The van der Waals surface area contributed by atoms with E-state index in [0.29, 0.717) is 0 Å². The van der Waals surface area contributed by atoms with Crippen molar-refractivity contribution in [2.45, 2.75) is 5.92 Å². The Morgan fingerprint density at radius 3 is 1.58 bits per heavy atom. The number of rotatable bonds is 4. The maximum atomic E-state index is 6.09. The fourth-order valence-corrected chi connectivity index (χ4v) is 3.25. The second kappa shape index (κ2) is 7.29. The van der Waals surface area contributed by atoms with Crippen molar-refractivity contribution in [3.63, 3.8) is 0 Å². The van der Waals surface area contributed by atoms with Crippen LogP contribution in [-0.2, 0) is 0 Å². The van der Waals surface area contributed by atoms with Crippen molar-refractivity contribution in [1.82, 2.24) is 0 Å². The molecule has 0 heterocycles. The van der Waals surface area contributed by atoms with Crippen LogP contribution >= 0.6 is 23.2 Å². The third-order valence-electron chi connectivity index (χ3n) is 4.14. The standard InChI is InChI=1S/C21H19Cl2N/c1-24(2)20-6-4-3-5-19(20)21(15-7-11-17(22)12-8-15)16-9-13-18(23)14-10-16/h3-14,21H,1-2H3. The average Bonchev–Trinajstić information content (AvgIpc) is 2.59. The van der Waals surface area contributed by atoms with Crippen LogP contribution in [0.15, 0.2) is 72.8 Å². The highest BCUT2D eigenvalue weighted by atomic mass is 35.5. The summed E-state index contributed by atoms with van der Waals surface area (Å²) in [6.07, 6.45) is 0. The minimum absolute atomic E-state index is 0.123. The fourth-order valence-electron chi connectivity index (χ4n) is 3.00. The van der Waals surface area contributed by atoms with Gasteiger partial charge in [-0.25, -0.2) is 0 Å². The zero-order chi connectivity index (χ0) is 17.1. The summed E-state index contributed by atoms with van der Waals surface area (Å²) in [4.78, 5) is 2.15. The third kappa shape index (κ3) is 3.58. The molecule has 1 nitrogen and oxygen atoms in total. The van der Waals surface area contributed by atoms with Crippen molar-refractivity contribution in [2.24, 2.45) is 0 Å². The topological polar surface area (TPSA) is 3.24 Å². The Morgan fingerprint density at radius 2 is 1.12 bits per heavy atom. The predicted octanol–water partition coefficient (Wildman–Crippen LogP) is 6.24. The molecule has 0 atom stereocenters. The number of nitrogens with zero attached hydrogens (tertiary/aromatic N) is 1. The molecule has 0 aliphatic carbocycles. The first-order valence-electron chi connectivity index (χ1n) is 7.83. The molecule has 24 heavy (non-hydrogen) atoms. The molecule has 3 aromatic rings. The maximum Gasteiger partial charge on any atom is 0.0406 e. The number of para-hydroxylation sites is 1. The molecular formula is C21H19Cl2N. The summed E-state index contributed by atoms with van der Waals surface area (Å²) in [5.74, 6) is 0.123. The highest BCUT2D eigenvalue weighted by Crippen LogP contribution is 2.37. The second-order valence-corrected chi connectivity index (χ2v) is 6.86. The SMILES string of the molecule is CN(C)c1ccccc1C(c1ccc(Cl)cc1)c1ccc(Cl)cc1. The number of hydrogen-bond donors (Lipinski definition) is 0. The van der Waals surface area contributed by atoms with E-state index in [-0.39, 0.29) is 5.92 Å². The Balaban J connectivity index is 2.19. The first kappa shape index (κ1) is 16.9. The van der Waals surface area contributed by atoms with Gasteiger partial charge in [0.25, 0.3) is 0 Å². The average molecular weight is 356 g/mol. The van der Waals surface area contributed by atoms with Crippen LogP contribution in [0.3, 0.4) is 0 Å². The van der Waals surface area contributed by atoms with E-state index in [1.54, 1.807) is 0 Å². The summed E-state index contributed by atoms with van der Waals surface area (Å²) in [5.41, 5.74) is 4.87. The quantitative estimate of drug-likeness (QED) is 0.500. The lowest BCUT2D eigenvalue weighted by Crippen LogP contribution is -2.14. The fraction of sp³-hybridized carbons (Fsp3) is 0.143. The summed E-state index contributed by atoms with van der Waals surface area (Å²) in [6.45, 7) is 0. The van der Waals surface area contributed by atoms with Crippen LogP contribution in [0.1, 0.15) is 22.6 Å². The van der Waals surface area contributed by atoms with Crippen molar-refractivity contribution in [2.75, 3.05) is 19.0 Å². The smallest absolute Gasteiger partial charge is 0.0406 e. The Morgan fingerprint density at radius 1 is 0.667 bits per heavy atom. The highest BCUT2D eigenvalue weighted by molar-refractivity contribution is 6.30. The largest absolute Gasteiger partial charge is 0.377 e. The van der Waals surface area contributed by atoms with Gasteiger partial charge in [-0.2, -0.15) is 0 Å². The van der Waals surface area contributed by atoms with E-state index < -0.39 is 0 Å². The number of halogens is 2. The van der Waals surface area contributed by atoms with Gasteiger partial charge in [0, 0.05) is 35.7 Å². The zero-order valence-electron chi connectivity index (χ0n) is 13.7. The van der Waals surface area contributed by atoms with Crippen LogP contribution in [0.5, 0.6) is 0 Å². The van der Waals surface area contributed by atoms with Gasteiger partial charge in [0.1, 0.15) is 0 Å². The van der Waals surface area contributed by atoms with Gasteiger partial charge in [-0.1, -0.05) is 65.7 Å². The Labute approximate surface area is 153 Å². The number of benzene rings is 3. The molecule has 0 saturated heterocycles. The van der Waals surface area contributed by atoms with Gasteiger partial charge in [0.15, 0.2) is 0 Å². The van der Waals surface area contributed by atoms with E-state index in [4.69, 9.17) is 23.2 Å². The van der Waals surface area contributed by atoms with Crippen LogP contribution in [0.4, 0.5) is 5.69 Å². The number of hydrogen-bond acceptors (Lipinski definition) is 1. The lowest BCUT2D eigenvalue weighted by Gasteiger charge is -2.25. The molecule has 0 aliphatic heterocycles. The first-order chi connectivity index (χ1) is 11.6. The lowest BCUT2D eigenvalue weighted by atomic mass is 9.84. The van der Waals surface area contributed by atoms with Crippen molar-refractivity contribution in [3.8, 4) is 0 Å². The summed E-state index contributed by atoms with van der Waals surface area (Å²) < 4.78 is 0. The van der Waals surface area contributed by atoms with Crippen molar-refractivity contribution < 1.29 is 0 Å². The summed E-state index contributed by atoms with van der Waals surface area (Å²) >= 11 is 12.2. The molecule has 0 saturated carbocycles. The van der Waals surface area contributed by atoms with E-state index in [1.165, 1.54) is 22.4 Å². The molecule has 0 aromatic heterocycles. The highest BCUT2D eigenvalue weighted by Gasteiger charge is 2.20. The summed E-state index contributed by atoms with van der Waals surface area (Å²) in [7, 11) is 4.14. The van der Waals surface area contributed by atoms with Crippen LogP contribution in [0.25, 0.3) is 0 Å². The Kier molecular flexibility index (Phi) is 5.13. The molecule has 0 aliphatic rings. The Bertz CT molecular complexity index is 763. The summed E-state index contributed by atoms with van der Waals surface area (Å²) in [6, 6.07) is 24.6. The van der Waals surface area contributed by atoms with E-state index in [1.807, 2.05) is 24.3 Å². The van der Waals surface area contributed by atoms with Crippen LogP contribution in [-0.4, -0.2) is 14.1 Å². The molecule has 0 radical (unpaired) electrons. The molecule has 0 N–H and O–H groups in total. The van der Waals surface area contributed by atoms with Gasteiger partial charge in [0.2, 0.25) is 0 Å². The molecule has 0 fully saturated rings.